The fourth-order valence-corrected chi connectivity index (χ4v) is 2.82. The summed E-state index contributed by atoms with van der Waals surface area (Å²) in [6.45, 7) is 9.55. The highest BCUT2D eigenvalue weighted by Gasteiger charge is 2.24. The molecule has 1 aliphatic carbocycles. The first-order valence-electron chi connectivity index (χ1n) is 7.92. The summed E-state index contributed by atoms with van der Waals surface area (Å²) < 4.78 is 0. The van der Waals surface area contributed by atoms with E-state index in [9.17, 15) is 4.79 Å². The molecule has 2 nitrogen and oxygen atoms in total. The molecule has 110 valence electrons. The van der Waals surface area contributed by atoms with Gasteiger partial charge in [-0.15, -0.1) is 0 Å². The quantitative estimate of drug-likeness (QED) is 0.667. The first-order chi connectivity index (χ1) is 9.58. The molecule has 0 amide bonds. The van der Waals surface area contributed by atoms with E-state index in [1.54, 1.807) is 0 Å². The number of hydrogen-bond donors (Lipinski definition) is 0. The van der Waals surface area contributed by atoms with Gasteiger partial charge in [-0.1, -0.05) is 24.1 Å². The molecular formula is C18H27NO. The van der Waals surface area contributed by atoms with Crippen LogP contribution in [-0.2, 0) is 0 Å². The minimum atomic E-state index is 0.286. The predicted octanol–water partition coefficient (Wildman–Crippen LogP) is 4.00. The molecule has 20 heavy (non-hydrogen) atoms. The first kappa shape index (κ1) is 15.2. The van der Waals surface area contributed by atoms with Crippen molar-refractivity contribution in [3.05, 3.63) is 34.9 Å². The van der Waals surface area contributed by atoms with Crippen LogP contribution in [0.2, 0.25) is 0 Å². The van der Waals surface area contributed by atoms with Crippen molar-refractivity contribution in [3.8, 4) is 0 Å². The van der Waals surface area contributed by atoms with Crippen LogP contribution in [0.1, 0.15) is 54.1 Å². The van der Waals surface area contributed by atoms with Crippen LogP contribution >= 0.6 is 0 Å². The van der Waals surface area contributed by atoms with Crippen molar-refractivity contribution in [1.29, 1.82) is 0 Å². The molecule has 0 spiro atoms. The Kier molecular flexibility index (Phi) is 5.36. The number of Topliss-reactive ketones (excluding diaryl/α,β-unsaturated/α-hetero) is 1. The number of carbonyl (C=O) groups is 1. The van der Waals surface area contributed by atoms with Crippen molar-refractivity contribution in [3.63, 3.8) is 0 Å². The second-order valence-corrected chi connectivity index (χ2v) is 6.29. The molecule has 0 aromatic heterocycles. The number of aryl methyl sites for hydroxylation is 2. The Morgan fingerprint density at radius 1 is 1.15 bits per heavy atom. The van der Waals surface area contributed by atoms with Crippen molar-refractivity contribution in [2.75, 3.05) is 19.6 Å². The van der Waals surface area contributed by atoms with Gasteiger partial charge in [-0.05, 0) is 57.7 Å². The summed E-state index contributed by atoms with van der Waals surface area (Å²) >= 11 is 0. The van der Waals surface area contributed by atoms with E-state index < -0.39 is 0 Å². The van der Waals surface area contributed by atoms with Crippen molar-refractivity contribution >= 4 is 5.78 Å². The molecule has 2 rings (SSSR count). The summed E-state index contributed by atoms with van der Waals surface area (Å²) in [7, 11) is 0. The Morgan fingerprint density at radius 3 is 2.35 bits per heavy atom. The van der Waals surface area contributed by atoms with Crippen LogP contribution in [0.4, 0.5) is 0 Å². The van der Waals surface area contributed by atoms with Crippen LogP contribution in [0.3, 0.4) is 0 Å². The molecule has 0 bridgehead atoms. The monoisotopic (exact) mass is 273 g/mol. The summed E-state index contributed by atoms with van der Waals surface area (Å²) in [5, 5.41) is 0. The molecule has 0 aliphatic heterocycles. The van der Waals surface area contributed by atoms with E-state index in [1.165, 1.54) is 36.9 Å². The van der Waals surface area contributed by atoms with Gasteiger partial charge < -0.3 is 4.90 Å². The minimum Gasteiger partial charge on any atom is -0.303 e. The summed E-state index contributed by atoms with van der Waals surface area (Å²) in [6.07, 6.45) is 4.58. The van der Waals surface area contributed by atoms with Gasteiger partial charge in [0.2, 0.25) is 0 Å². The van der Waals surface area contributed by atoms with E-state index in [0.717, 1.165) is 24.6 Å². The fourth-order valence-electron chi connectivity index (χ4n) is 2.82. The van der Waals surface area contributed by atoms with Crippen molar-refractivity contribution in [1.82, 2.24) is 4.90 Å². The predicted molar refractivity (Wildman–Crippen MR) is 84.3 cm³/mol. The largest absolute Gasteiger partial charge is 0.303 e. The zero-order valence-electron chi connectivity index (χ0n) is 13.1. The van der Waals surface area contributed by atoms with Crippen molar-refractivity contribution < 1.29 is 4.79 Å². The van der Waals surface area contributed by atoms with Gasteiger partial charge in [-0.3, -0.25) is 4.79 Å². The lowest BCUT2D eigenvalue weighted by molar-refractivity contribution is 0.0962. The van der Waals surface area contributed by atoms with Gasteiger partial charge in [0, 0.05) is 25.1 Å². The van der Waals surface area contributed by atoms with Gasteiger partial charge in [-0.2, -0.15) is 0 Å². The van der Waals surface area contributed by atoms with Gasteiger partial charge in [-0.25, -0.2) is 0 Å². The Labute approximate surface area is 123 Å². The molecule has 1 aliphatic rings. The second-order valence-electron chi connectivity index (χ2n) is 6.29. The lowest BCUT2D eigenvalue weighted by atomic mass is 10.0. The molecule has 0 unspecified atom stereocenters. The maximum absolute atomic E-state index is 12.3. The van der Waals surface area contributed by atoms with Crippen LogP contribution in [0.25, 0.3) is 0 Å². The zero-order chi connectivity index (χ0) is 14.5. The molecule has 0 N–H and O–H groups in total. The number of nitrogens with zero attached hydrogens (tertiary/aromatic N) is 1. The van der Waals surface area contributed by atoms with E-state index in [-0.39, 0.29) is 5.78 Å². The Hall–Kier alpha value is -1.15. The van der Waals surface area contributed by atoms with Crippen LogP contribution in [0.15, 0.2) is 18.2 Å². The molecule has 1 fully saturated rings. The molecule has 0 heterocycles. The van der Waals surface area contributed by atoms with E-state index in [0.29, 0.717) is 6.42 Å². The third kappa shape index (κ3) is 4.75. The highest BCUT2D eigenvalue weighted by Crippen LogP contribution is 2.29. The summed E-state index contributed by atoms with van der Waals surface area (Å²) in [5.74, 6) is 1.19. The van der Waals surface area contributed by atoms with Crippen LogP contribution in [0, 0.1) is 19.8 Å². The zero-order valence-corrected chi connectivity index (χ0v) is 13.1. The first-order valence-corrected chi connectivity index (χ1v) is 7.92. The van der Waals surface area contributed by atoms with Crippen LogP contribution < -0.4 is 0 Å². The lowest BCUT2D eigenvalue weighted by Crippen LogP contribution is -2.29. The highest BCUT2D eigenvalue weighted by molar-refractivity contribution is 5.96. The smallest absolute Gasteiger partial charge is 0.164 e. The summed E-state index contributed by atoms with van der Waals surface area (Å²) in [6, 6.07) is 6.15. The Morgan fingerprint density at radius 2 is 1.80 bits per heavy atom. The average Bonchev–Trinajstić information content (AvgIpc) is 3.18. The van der Waals surface area contributed by atoms with Crippen molar-refractivity contribution in [2.24, 2.45) is 5.92 Å². The molecular weight excluding hydrogens is 246 g/mol. The molecule has 0 radical (unpaired) electrons. The van der Waals surface area contributed by atoms with Gasteiger partial charge >= 0.3 is 0 Å². The minimum absolute atomic E-state index is 0.286. The fraction of sp³-hybridized carbons (Fsp3) is 0.611. The number of ketones is 1. The molecule has 2 heteroatoms. The van der Waals surface area contributed by atoms with E-state index in [1.807, 2.05) is 12.1 Å². The standard InChI is InChI=1S/C18H27NO/c1-4-8-19(13-16-5-6-16)9-7-18(20)17-11-14(2)10-15(3)12-17/h10-12,16H,4-9,13H2,1-3H3. The normalized spacial score (nSPS) is 14.8. The molecule has 1 saturated carbocycles. The second kappa shape index (κ2) is 7.03. The van der Waals surface area contributed by atoms with Crippen molar-refractivity contribution in [2.45, 2.75) is 46.5 Å². The van der Waals surface area contributed by atoms with Crippen LogP contribution in [0.5, 0.6) is 0 Å². The van der Waals surface area contributed by atoms with E-state index in [2.05, 4.69) is 31.7 Å². The molecule has 0 saturated heterocycles. The van der Waals surface area contributed by atoms with Gasteiger partial charge in [0.05, 0.1) is 0 Å². The maximum atomic E-state index is 12.3. The summed E-state index contributed by atoms with van der Waals surface area (Å²) in [4.78, 5) is 14.8. The Balaban J connectivity index is 1.88. The Bertz CT molecular complexity index is 442. The number of hydrogen-bond acceptors (Lipinski definition) is 2. The molecule has 1 aromatic rings. The molecule has 0 atom stereocenters. The third-order valence-corrected chi connectivity index (χ3v) is 3.95. The number of rotatable bonds is 8. The van der Waals surface area contributed by atoms with E-state index >= 15 is 0 Å². The van der Waals surface area contributed by atoms with Gasteiger partial charge in [0.15, 0.2) is 5.78 Å². The van der Waals surface area contributed by atoms with E-state index in [4.69, 9.17) is 0 Å². The third-order valence-electron chi connectivity index (χ3n) is 3.95. The number of benzene rings is 1. The van der Waals surface area contributed by atoms with Crippen LogP contribution in [-0.4, -0.2) is 30.3 Å². The number of carbonyl (C=O) groups excluding carboxylic acids is 1. The summed E-state index contributed by atoms with van der Waals surface area (Å²) in [5.41, 5.74) is 3.24. The van der Waals surface area contributed by atoms with Gasteiger partial charge in [0.25, 0.3) is 0 Å². The lowest BCUT2D eigenvalue weighted by Gasteiger charge is -2.21. The molecule has 1 aromatic carbocycles. The maximum Gasteiger partial charge on any atom is 0.164 e. The highest BCUT2D eigenvalue weighted by atomic mass is 16.1. The average molecular weight is 273 g/mol. The SMILES string of the molecule is CCCN(CCC(=O)c1cc(C)cc(C)c1)CC1CC1. The topological polar surface area (TPSA) is 20.3 Å². The van der Waals surface area contributed by atoms with Gasteiger partial charge in [0.1, 0.15) is 0 Å².